The van der Waals surface area contributed by atoms with Crippen LogP contribution in [0, 0.1) is 18.7 Å². The lowest BCUT2D eigenvalue weighted by molar-refractivity contribution is -0.117. The van der Waals surface area contributed by atoms with Gasteiger partial charge in [-0.3, -0.25) is 4.79 Å². The van der Waals surface area contributed by atoms with Gasteiger partial charge in [0.15, 0.2) is 5.82 Å². The van der Waals surface area contributed by atoms with E-state index in [1.54, 1.807) is 35.0 Å². The Bertz CT molecular complexity index is 1020. The average molecular weight is 357 g/mol. The summed E-state index contributed by atoms with van der Waals surface area (Å²) in [7, 11) is 0. The SMILES string of the molecule is Cc1ccc(F)c(-c2ccc3nc(NC(=O)C4CC4F)cn3c2)c1CO. The molecule has 0 spiro atoms. The molecule has 1 amide bonds. The van der Waals surface area contributed by atoms with Crippen LogP contribution < -0.4 is 5.32 Å². The van der Waals surface area contributed by atoms with Gasteiger partial charge in [0.2, 0.25) is 5.91 Å². The van der Waals surface area contributed by atoms with Crippen LogP contribution in [0.15, 0.2) is 36.7 Å². The third kappa shape index (κ3) is 2.84. The number of nitrogens with one attached hydrogen (secondary N) is 1. The van der Waals surface area contributed by atoms with Gasteiger partial charge < -0.3 is 14.8 Å². The molecule has 1 aliphatic carbocycles. The van der Waals surface area contributed by atoms with Gasteiger partial charge in [0.1, 0.15) is 17.6 Å². The number of alkyl halides is 1. The number of fused-ring (bicyclic) bond motifs is 1. The number of aryl methyl sites for hydroxylation is 1. The monoisotopic (exact) mass is 357 g/mol. The first kappa shape index (κ1) is 16.7. The lowest BCUT2D eigenvalue weighted by atomic mass is 9.97. The van der Waals surface area contributed by atoms with Crippen LogP contribution in [0.2, 0.25) is 0 Å². The number of hydrogen-bond acceptors (Lipinski definition) is 3. The van der Waals surface area contributed by atoms with Crippen molar-refractivity contribution >= 4 is 17.4 Å². The highest BCUT2D eigenvalue weighted by molar-refractivity contribution is 5.94. The van der Waals surface area contributed by atoms with Gasteiger partial charge in [-0.15, -0.1) is 0 Å². The number of anilines is 1. The van der Waals surface area contributed by atoms with Gasteiger partial charge in [-0.25, -0.2) is 13.8 Å². The average Bonchev–Trinajstić information content (AvgIpc) is 3.21. The molecule has 0 bridgehead atoms. The van der Waals surface area contributed by atoms with Gasteiger partial charge >= 0.3 is 0 Å². The first-order valence-electron chi connectivity index (χ1n) is 8.31. The minimum Gasteiger partial charge on any atom is -0.392 e. The number of benzene rings is 1. The van der Waals surface area contributed by atoms with Crippen molar-refractivity contribution in [3.05, 3.63) is 53.6 Å². The number of aliphatic hydroxyl groups is 1. The zero-order valence-corrected chi connectivity index (χ0v) is 14.0. The molecule has 2 unspecified atom stereocenters. The molecule has 4 rings (SSSR count). The number of aromatic nitrogens is 2. The number of pyridine rings is 1. The molecule has 7 heteroatoms. The van der Waals surface area contributed by atoms with E-state index in [2.05, 4.69) is 10.3 Å². The number of carbonyl (C=O) groups excluding carboxylic acids is 1. The van der Waals surface area contributed by atoms with Crippen molar-refractivity contribution in [1.82, 2.24) is 9.38 Å². The van der Waals surface area contributed by atoms with Crippen LogP contribution >= 0.6 is 0 Å². The van der Waals surface area contributed by atoms with Crippen LogP contribution in [0.1, 0.15) is 17.5 Å². The molecule has 2 N–H and O–H groups in total. The maximum atomic E-state index is 14.4. The Morgan fingerprint density at radius 2 is 2.12 bits per heavy atom. The summed E-state index contributed by atoms with van der Waals surface area (Å²) in [5, 5.41) is 12.2. The van der Waals surface area contributed by atoms with Crippen LogP contribution in [0.3, 0.4) is 0 Å². The predicted molar refractivity (Wildman–Crippen MR) is 92.9 cm³/mol. The second kappa shape index (κ2) is 6.17. The molecule has 26 heavy (non-hydrogen) atoms. The van der Waals surface area contributed by atoms with E-state index in [-0.39, 0.29) is 18.9 Å². The number of nitrogens with zero attached hydrogens (tertiary/aromatic N) is 2. The minimum atomic E-state index is -1.07. The van der Waals surface area contributed by atoms with Gasteiger partial charge in [-0.1, -0.05) is 6.07 Å². The summed E-state index contributed by atoms with van der Waals surface area (Å²) in [6.45, 7) is 1.54. The van der Waals surface area contributed by atoms with E-state index >= 15 is 0 Å². The molecule has 0 aliphatic heterocycles. The van der Waals surface area contributed by atoms with Crippen LogP contribution in [0.5, 0.6) is 0 Å². The first-order chi connectivity index (χ1) is 12.5. The quantitative estimate of drug-likeness (QED) is 0.753. The highest BCUT2D eigenvalue weighted by atomic mass is 19.1. The highest BCUT2D eigenvalue weighted by Gasteiger charge is 2.43. The fourth-order valence-corrected chi connectivity index (χ4v) is 3.09. The van der Waals surface area contributed by atoms with Crippen LogP contribution in [-0.4, -0.2) is 26.6 Å². The largest absolute Gasteiger partial charge is 0.392 e. The molecular formula is C19H17F2N3O2. The number of carbonyl (C=O) groups is 1. The van der Waals surface area contributed by atoms with Crippen molar-refractivity contribution in [3.8, 4) is 11.1 Å². The summed E-state index contributed by atoms with van der Waals surface area (Å²) in [5.41, 5.74) is 2.82. The summed E-state index contributed by atoms with van der Waals surface area (Å²) in [6.07, 6.45) is 2.46. The molecule has 134 valence electrons. The number of halogens is 2. The third-order valence-electron chi connectivity index (χ3n) is 4.69. The zero-order valence-electron chi connectivity index (χ0n) is 14.0. The van der Waals surface area contributed by atoms with E-state index in [1.807, 2.05) is 6.92 Å². The van der Waals surface area contributed by atoms with E-state index in [0.717, 1.165) is 5.56 Å². The van der Waals surface area contributed by atoms with Crippen LogP contribution in [0.4, 0.5) is 14.6 Å². The van der Waals surface area contributed by atoms with Gasteiger partial charge in [-0.05, 0) is 42.7 Å². The molecule has 5 nitrogen and oxygen atoms in total. The van der Waals surface area contributed by atoms with Crippen LogP contribution in [0.25, 0.3) is 16.8 Å². The van der Waals surface area contributed by atoms with Crippen molar-refractivity contribution in [2.75, 3.05) is 5.32 Å². The van der Waals surface area contributed by atoms with Crippen molar-refractivity contribution in [2.24, 2.45) is 5.92 Å². The fourth-order valence-electron chi connectivity index (χ4n) is 3.09. The summed E-state index contributed by atoms with van der Waals surface area (Å²) in [6, 6.07) is 6.41. The maximum absolute atomic E-state index is 14.4. The number of hydrogen-bond donors (Lipinski definition) is 2. The number of aliphatic hydroxyl groups excluding tert-OH is 1. The molecule has 2 heterocycles. The summed E-state index contributed by atoms with van der Waals surface area (Å²) >= 11 is 0. The van der Waals surface area contributed by atoms with Gasteiger partial charge in [0, 0.05) is 17.3 Å². The van der Waals surface area contributed by atoms with Gasteiger partial charge in [-0.2, -0.15) is 0 Å². The lowest BCUT2D eigenvalue weighted by Gasteiger charge is -2.12. The molecule has 0 saturated heterocycles. The van der Waals surface area contributed by atoms with Gasteiger partial charge in [0.05, 0.1) is 18.7 Å². The Morgan fingerprint density at radius 3 is 2.81 bits per heavy atom. The second-order valence-electron chi connectivity index (χ2n) is 6.53. The second-order valence-corrected chi connectivity index (χ2v) is 6.53. The zero-order chi connectivity index (χ0) is 18.4. The normalized spacial score (nSPS) is 18.9. The van der Waals surface area contributed by atoms with E-state index in [0.29, 0.717) is 28.2 Å². The summed E-state index contributed by atoms with van der Waals surface area (Å²) in [5.74, 6) is -1.08. The minimum absolute atomic E-state index is 0.250. The maximum Gasteiger partial charge on any atom is 0.231 e. The van der Waals surface area contributed by atoms with Crippen molar-refractivity contribution in [2.45, 2.75) is 26.1 Å². The van der Waals surface area contributed by atoms with Crippen LogP contribution in [-0.2, 0) is 11.4 Å². The number of rotatable bonds is 4. The molecule has 3 aromatic rings. The fraction of sp³-hybridized carbons (Fsp3) is 0.263. The summed E-state index contributed by atoms with van der Waals surface area (Å²) in [4.78, 5) is 16.1. The third-order valence-corrected chi connectivity index (χ3v) is 4.69. The molecule has 1 aliphatic rings. The molecule has 2 aromatic heterocycles. The van der Waals surface area contributed by atoms with Gasteiger partial charge in [0.25, 0.3) is 0 Å². The molecular weight excluding hydrogens is 340 g/mol. The Kier molecular flexibility index (Phi) is 3.96. The molecule has 0 radical (unpaired) electrons. The Hall–Kier alpha value is -2.80. The smallest absolute Gasteiger partial charge is 0.231 e. The van der Waals surface area contributed by atoms with E-state index < -0.39 is 17.9 Å². The molecule has 1 saturated carbocycles. The molecule has 1 aromatic carbocycles. The van der Waals surface area contributed by atoms with Crippen molar-refractivity contribution < 1.29 is 18.7 Å². The Morgan fingerprint density at radius 1 is 1.35 bits per heavy atom. The Labute approximate surface area is 148 Å². The first-order valence-corrected chi connectivity index (χ1v) is 8.31. The Balaban J connectivity index is 1.70. The van der Waals surface area contributed by atoms with E-state index in [9.17, 15) is 18.7 Å². The number of imidazole rings is 1. The molecule has 1 fully saturated rings. The highest BCUT2D eigenvalue weighted by Crippen LogP contribution is 2.35. The topological polar surface area (TPSA) is 66.6 Å². The van der Waals surface area contributed by atoms with E-state index in [4.69, 9.17) is 0 Å². The predicted octanol–water partition coefficient (Wildman–Crippen LogP) is 3.24. The summed E-state index contributed by atoms with van der Waals surface area (Å²) < 4.78 is 29.0. The van der Waals surface area contributed by atoms with Crippen molar-refractivity contribution in [1.29, 1.82) is 0 Å². The van der Waals surface area contributed by atoms with E-state index in [1.165, 1.54) is 6.07 Å². The lowest BCUT2D eigenvalue weighted by Crippen LogP contribution is -2.15. The number of amides is 1. The molecule has 2 atom stereocenters. The van der Waals surface area contributed by atoms with Crippen molar-refractivity contribution in [3.63, 3.8) is 0 Å². The standard InChI is InChI=1S/C19H17F2N3O2/c1-10-2-4-14(20)18(13(10)9-25)11-3-5-17-22-16(8-24(17)7-11)23-19(26)12-6-15(12)21/h2-5,7-8,12,15,25H,6,9H2,1H3,(H,23,26).